The van der Waals surface area contributed by atoms with Crippen molar-refractivity contribution in [2.24, 2.45) is 0 Å². The number of sulfonamides is 1. The molecule has 1 N–H and O–H groups in total. The van der Waals surface area contributed by atoms with Crippen LogP contribution >= 0.6 is 0 Å². The van der Waals surface area contributed by atoms with Gasteiger partial charge in [0.05, 0.1) is 28.1 Å². The molecule has 24 heavy (non-hydrogen) atoms. The fourth-order valence-corrected chi connectivity index (χ4v) is 3.80. The minimum atomic E-state index is -4.09. The van der Waals surface area contributed by atoms with Gasteiger partial charge in [0.15, 0.2) is 0 Å². The Hall–Kier alpha value is -2.66. The van der Waals surface area contributed by atoms with Crippen molar-refractivity contribution in [3.8, 4) is 6.07 Å². The number of carbonyl (C=O) groups is 1. The summed E-state index contributed by atoms with van der Waals surface area (Å²) in [6.45, 7) is 6.52. The normalized spacial score (nSPS) is 12.5. The molecule has 2 rings (SSSR count). The molecule has 0 aliphatic heterocycles. The number of amides is 1. The third-order valence-corrected chi connectivity index (χ3v) is 5.25. The summed E-state index contributed by atoms with van der Waals surface area (Å²) >= 11 is 0. The summed E-state index contributed by atoms with van der Waals surface area (Å²) in [6, 6.07) is 6.16. The first kappa shape index (κ1) is 17.7. The van der Waals surface area contributed by atoms with Crippen molar-refractivity contribution in [1.82, 2.24) is 9.88 Å². The van der Waals surface area contributed by atoms with Gasteiger partial charge in [0.25, 0.3) is 10.0 Å². The van der Waals surface area contributed by atoms with Crippen molar-refractivity contribution >= 4 is 15.9 Å². The lowest BCUT2D eigenvalue weighted by atomic mass is 9.99. The number of nitriles is 1. The Bertz CT molecular complexity index is 919. The number of benzene rings is 1. The van der Waals surface area contributed by atoms with Crippen LogP contribution in [0.3, 0.4) is 0 Å². The minimum Gasteiger partial charge on any atom is -0.361 e. The number of hydrogen-bond acceptors (Lipinski definition) is 6. The van der Waals surface area contributed by atoms with Crippen LogP contribution in [0.1, 0.15) is 41.0 Å². The van der Waals surface area contributed by atoms with Crippen LogP contribution in [0, 0.1) is 32.1 Å². The van der Waals surface area contributed by atoms with Crippen LogP contribution in [-0.2, 0) is 14.8 Å². The minimum absolute atomic E-state index is 0.0964. The average Bonchev–Trinajstić information content (AvgIpc) is 2.85. The molecule has 2 aromatic rings. The maximum absolute atomic E-state index is 12.5. The Morgan fingerprint density at radius 2 is 2.00 bits per heavy atom. The van der Waals surface area contributed by atoms with Crippen LogP contribution in [0.2, 0.25) is 0 Å². The molecule has 0 aliphatic rings. The zero-order chi connectivity index (χ0) is 18.1. The van der Waals surface area contributed by atoms with Crippen molar-refractivity contribution in [3.05, 3.63) is 46.3 Å². The van der Waals surface area contributed by atoms with Gasteiger partial charge in [-0.1, -0.05) is 11.2 Å². The molecule has 0 unspecified atom stereocenters. The van der Waals surface area contributed by atoms with E-state index in [-0.39, 0.29) is 10.5 Å². The zero-order valence-corrected chi connectivity index (χ0v) is 14.6. The second-order valence-corrected chi connectivity index (χ2v) is 7.17. The first-order valence-electron chi connectivity index (χ1n) is 7.17. The summed E-state index contributed by atoms with van der Waals surface area (Å²) in [6.07, 6.45) is 0. The van der Waals surface area contributed by atoms with E-state index >= 15 is 0 Å². The Morgan fingerprint density at radius 3 is 2.54 bits per heavy atom. The second-order valence-electron chi connectivity index (χ2n) is 5.52. The van der Waals surface area contributed by atoms with E-state index in [4.69, 9.17) is 9.78 Å². The number of aromatic nitrogens is 1. The highest BCUT2D eigenvalue weighted by Crippen LogP contribution is 2.24. The van der Waals surface area contributed by atoms with Crippen molar-refractivity contribution in [2.75, 3.05) is 0 Å². The number of hydrogen-bond donors (Lipinski definition) is 1. The van der Waals surface area contributed by atoms with Crippen LogP contribution in [0.15, 0.2) is 27.6 Å². The maximum Gasteiger partial charge on any atom is 0.264 e. The third kappa shape index (κ3) is 3.31. The van der Waals surface area contributed by atoms with Crippen LogP contribution < -0.4 is 4.72 Å². The highest BCUT2D eigenvalue weighted by atomic mass is 32.2. The van der Waals surface area contributed by atoms with Crippen molar-refractivity contribution in [3.63, 3.8) is 0 Å². The Balaban J connectivity index is 2.33. The van der Waals surface area contributed by atoms with Gasteiger partial charge in [-0.15, -0.1) is 0 Å². The largest absolute Gasteiger partial charge is 0.361 e. The van der Waals surface area contributed by atoms with Crippen LogP contribution in [0.25, 0.3) is 0 Å². The number of carbonyl (C=O) groups excluding carboxylic acids is 1. The molecule has 8 heteroatoms. The summed E-state index contributed by atoms with van der Waals surface area (Å²) < 4.78 is 32.1. The van der Waals surface area contributed by atoms with E-state index < -0.39 is 21.8 Å². The summed E-state index contributed by atoms with van der Waals surface area (Å²) in [5.74, 6) is -0.966. The van der Waals surface area contributed by atoms with Gasteiger partial charge in [-0.3, -0.25) is 4.79 Å². The van der Waals surface area contributed by atoms with E-state index in [0.29, 0.717) is 22.6 Å². The lowest BCUT2D eigenvalue weighted by molar-refractivity contribution is -0.120. The Kier molecular flexibility index (Phi) is 4.76. The summed E-state index contributed by atoms with van der Waals surface area (Å²) in [4.78, 5) is 12.3. The molecule has 0 aliphatic carbocycles. The number of nitrogens with zero attached hydrogens (tertiary/aromatic N) is 2. The lowest BCUT2D eigenvalue weighted by Crippen LogP contribution is -2.34. The van der Waals surface area contributed by atoms with E-state index in [0.717, 1.165) is 0 Å². The van der Waals surface area contributed by atoms with Crippen molar-refractivity contribution in [1.29, 1.82) is 5.26 Å². The molecule has 0 spiro atoms. The predicted molar refractivity (Wildman–Crippen MR) is 85.6 cm³/mol. The highest BCUT2D eigenvalue weighted by molar-refractivity contribution is 7.90. The lowest BCUT2D eigenvalue weighted by Gasteiger charge is -2.14. The average molecular weight is 347 g/mol. The number of aryl methyl sites for hydroxylation is 3. The standard InChI is InChI=1S/C16H17N3O4S/c1-9-5-6-13(8-17)7-14(9)24(21,22)19-16(20)10(2)15-11(3)18-23-12(15)4/h5-7,10H,1-4H3,(H,19,20)/t10-/m0/s1. The van der Waals surface area contributed by atoms with Crippen molar-refractivity contribution < 1.29 is 17.7 Å². The highest BCUT2D eigenvalue weighted by Gasteiger charge is 2.27. The number of rotatable bonds is 4. The molecule has 1 heterocycles. The monoisotopic (exact) mass is 347 g/mol. The smallest absolute Gasteiger partial charge is 0.264 e. The molecule has 7 nitrogen and oxygen atoms in total. The fraction of sp³-hybridized carbons (Fsp3) is 0.312. The van der Waals surface area contributed by atoms with E-state index in [9.17, 15) is 13.2 Å². The Labute approximate surface area is 140 Å². The first-order chi connectivity index (χ1) is 11.2. The summed E-state index contributed by atoms with van der Waals surface area (Å²) in [7, 11) is -4.09. The van der Waals surface area contributed by atoms with Gasteiger partial charge in [-0.25, -0.2) is 13.1 Å². The molecule has 1 aromatic carbocycles. The molecule has 0 saturated heterocycles. The second kappa shape index (κ2) is 6.45. The summed E-state index contributed by atoms with van der Waals surface area (Å²) in [5, 5.41) is 12.7. The van der Waals surface area contributed by atoms with Gasteiger partial charge in [-0.05, 0) is 45.4 Å². The van der Waals surface area contributed by atoms with Gasteiger partial charge in [0.1, 0.15) is 5.76 Å². The van der Waals surface area contributed by atoms with E-state index in [1.165, 1.54) is 18.2 Å². The van der Waals surface area contributed by atoms with Gasteiger partial charge in [0.2, 0.25) is 5.91 Å². The molecule has 1 aromatic heterocycles. The predicted octanol–water partition coefficient (Wildman–Crippen LogP) is 2.08. The molecule has 126 valence electrons. The SMILES string of the molecule is Cc1ccc(C#N)cc1S(=O)(=O)NC(=O)[C@@H](C)c1c(C)noc1C. The van der Waals surface area contributed by atoms with Gasteiger partial charge >= 0.3 is 0 Å². The van der Waals surface area contributed by atoms with E-state index in [1.807, 2.05) is 6.07 Å². The van der Waals surface area contributed by atoms with Gasteiger partial charge in [0, 0.05) is 5.56 Å². The van der Waals surface area contributed by atoms with E-state index in [2.05, 4.69) is 9.88 Å². The van der Waals surface area contributed by atoms with Crippen LogP contribution in [0.4, 0.5) is 0 Å². The van der Waals surface area contributed by atoms with E-state index in [1.54, 1.807) is 27.7 Å². The molecule has 0 saturated carbocycles. The topological polar surface area (TPSA) is 113 Å². The molecular formula is C16H17N3O4S. The Morgan fingerprint density at radius 1 is 1.33 bits per heavy atom. The number of nitrogens with one attached hydrogen (secondary N) is 1. The fourth-order valence-electron chi connectivity index (χ4n) is 2.47. The zero-order valence-electron chi connectivity index (χ0n) is 13.7. The molecule has 0 radical (unpaired) electrons. The molecule has 1 atom stereocenters. The maximum atomic E-state index is 12.5. The first-order valence-corrected chi connectivity index (χ1v) is 8.66. The molecule has 1 amide bonds. The van der Waals surface area contributed by atoms with Gasteiger partial charge in [-0.2, -0.15) is 5.26 Å². The molecule has 0 fully saturated rings. The quantitative estimate of drug-likeness (QED) is 0.906. The van der Waals surface area contributed by atoms with Crippen LogP contribution in [-0.4, -0.2) is 19.5 Å². The van der Waals surface area contributed by atoms with Gasteiger partial charge < -0.3 is 4.52 Å². The third-order valence-electron chi connectivity index (χ3n) is 3.76. The molecule has 0 bridgehead atoms. The van der Waals surface area contributed by atoms with Crippen LogP contribution in [0.5, 0.6) is 0 Å². The molecular weight excluding hydrogens is 330 g/mol. The summed E-state index contributed by atoms with van der Waals surface area (Å²) in [5.41, 5.74) is 1.74. The van der Waals surface area contributed by atoms with Crippen molar-refractivity contribution in [2.45, 2.75) is 38.5 Å².